The number of hydrogen-bond acceptors (Lipinski definition) is 5. The lowest BCUT2D eigenvalue weighted by Gasteiger charge is -2.12. The third-order valence-electron chi connectivity index (χ3n) is 4.57. The SMILES string of the molecule is COc1ccc(-c2cc(-c3cc4cc(Br)ccc4nc3Cl)c(C#N)c(N)n2)cc1. The topological polar surface area (TPSA) is 84.8 Å². The Bertz CT molecular complexity index is 1280. The number of nitrogen functional groups attached to an aromatic ring is 1. The van der Waals surface area contributed by atoms with Gasteiger partial charge in [0.05, 0.1) is 18.3 Å². The average Bonchev–Trinajstić information content (AvgIpc) is 2.73. The van der Waals surface area contributed by atoms with Gasteiger partial charge >= 0.3 is 0 Å². The van der Waals surface area contributed by atoms with Crippen LogP contribution in [0.3, 0.4) is 0 Å². The number of benzene rings is 2. The fourth-order valence-electron chi connectivity index (χ4n) is 3.12. The standard InChI is InChI=1S/C22H14BrClN4O/c1-29-15-5-2-12(3-6-15)20-10-16(18(11-25)22(26)28-20)17-9-13-8-14(23)4-7-19(13)27-21(17)24/h2-10H,1H3,(H2,26,28). The van der Waals surface area contributed by atoms with Crippen LogP contribution in [-0.4, -0.2) is 17.1 Å². The number of halogens is 2. The molecule has 0 radical (unpaired) electrons. The average molecular weight is 466 g/mol. The fraction of sp³-hybridized carbons (Fsp3) is 0.0455. The Morgan fingerprint density at radius 2 is 1.79 bits per heavy atom. The van der Waals surface area contributed by atoms with Gasteiger partial charge in [-0.1, -0.05) is 27.5 Å². The van der Waals surface area contributed by atoms with Gasteiger partial charge in [-0.2, -0.15) is 5.26 Å². The van der Waals surface area contributed by atoms with Crippen molar-refractivity contribution in [2.45, 2.75) is 0 Å². The second kappa shape index (κ2) is 7.70. The maximum absolute atomic E-state index is 9.68. The summed E-state index contributed by atoms with van der Waals surface area (Å²) in [6.07, 6.45) is 0. The van der Waals surface area contributed by atoms with Crippen molar-refractivity contribution in [1.82, 2.24) is 9.97 Å². The van der Waals surface area contributed by atoms with E-state index in [-0.39, 0.29) is 11.4 Å². The number of pyridine rings is 2. The minimum Gasteiger partial charge on any atom is -0.497 e. The first-order chi connectivity index (χ1) is 14.0. The molecule has 142 valence electrons. The van der Waals surface area contributed by atoms with E-state index < -0.39 is 0 Å². The lowest BCUT2D eigenvalue weighted by molar-refractivity contribution is 0.415. The highest BCUT2D eigenvalue weighted by Crippen LogP contribution is 2.36. The molecule has 5 nitrogen and oxygen atoms in total. The number of fused-ring (bicyclic) bond motifs is 1. The largest absolute Gasteiger partial charge is 0.497 e. The zero-order chi connectivity index (χ0) is 20.5. The number of nitriles is 1. The molecule has 4 aromatic rings. The molecule has 0 aliphatic heterocycles. The minimum absolute atomic E-state index is 0.140. The van der Waals surface area contributed by atoms with Crippen LogP contribution in [0.15, 0.2) is 59.1 Å². The molecule has 0 bridgehead atoms. The molecule has 0 fully saturated rings. The smallest absolute Gasteiger partial charge is 0.142 e. The van der Waals surface area contributed by atoms with Gasteiger partial charge in [0.15, 0.2) is 0 Å². The Labute approximate surface area is 180 Å². The normalized spacial score (nSPS) is 10.7. The van der Waals surface area contributed by atoms with Crippen molar-refractivity contribution in [2.24, 2.45) is 0 Å². The van der Waals surface area contributed by atoms with Gasteiger partial charge < -0.3 is 10.5 Å². The molecular weight excluding hydrogens is 452 g/mol. The van der Waals surface area contributed by atoms with E-state index in [1.165, 1.54) is 0 Å². The summed E-state index contributed by atoms with van der Waals surface area (Å²) in [5.74, 6) is 0.879. The molecule has 4 rings (SSSR count). The van der Waals surface area contributed by atoms with Gasteiger partial charge in [-0.15, -0.1) is 0 Å². The van der Waals surface area contributed by atoms with Crippen molar-refractivity contribution in [1.29, 1.82) is 5.26 Å². The number of methoxy groups -OCH3 is 1. The lowest BCUT2D eigenvalue weighted by atomic mass is 9.98. The van der Waals surface area contributed by atoms with Gasteiger partial charge in [-0.3, -0.25) is 0 Å². The number of anilines is 1. The Morgan fingerprint density at radius 1 is 1.03 bits per heavy atom. The molecule has 0 amide bonds. The predicted octanol–water partition coefficient (Wildman–Crippen LogP) is 5.84. The Morgan fingerprint density at radius 3 is 2.48 bits per heavy atom. The summed E-state index contributed by atoms with van der Waals surface area (Å²) >= 11 is 9.96. The Balaban J connectivity index is 1.95. The van der Waals surface area contributed by atoms with Crippen molar-refractivity contribution >= 4 is 44.3 Å². The highest BCUT2D eigenvalue weighted by atomic mass is 79.9. The number of ether oxygens (including phenoxy) is 1. The maximum atomic E-state index is 9.68. The lowest BCUT2D eigenvalue weighted by Crippen LogP contribution is -2.00. The van der Waals surface area contributed by atoms with E-state index in [1.54, 1.807) is 7.11 Å². The molecule has 2 aromatic heterocycles. The van der Waals surface area contributed by atoms with Gasteiger partial charge in [-0.05, 0) is 54.6 Å². The van der Waals surface area contributed by atoms with Crippen LogP contribution in [0.2, 0.25) is 5.15 Å². The van der Waals surface area contributed by atoms with E-state index in [4.69, 9.17) is 22.1 Å². The van der Waals surface area contributed by atoms with E-state index in [1.807, 2.05) is 54.6 Å². The third-order valence-corrected chi connectivity index (χ3v) is 5.35. The highest BCUT2D eigenvalue weighted by Gasteiger charge is 2.17. The van der Waals surface area contributed by atoms with Crippen molar-refractivity contribution in [2.75, 3.05) is 12.8 Å². The van der Waals surface area contributed by atoms with Gasteiger partial charge in [0, 0.05) is 26.5 Å². The van der Waals surface area contributed by atoms with Crippen LogP contribution in [0.4, 0.5) is 5.82 Å². The Hall–Kier alpha value is -3.14. The van der Waals surface area contributed by atoms with Gasteiger partial charge in [0.25, 0.3) is 0 Å². The molecular formula is C22H14BrClN4O. The van der Waals surface area contributed by atoms with Crippen LogP contribution in [0.5, 0.6) is 5.75 Å². The monoisotopic (exact) mass is 464 g/mol. The molecule has 0 saturated heterocycles. The summed E-state index contributed by atoms with van der Waals surface area (Å²) in [5.41, 5.74) is 9.83. The molecule has 7 heteroatoms. The summed E-state index contributed by atoms with van der Waals surface area (Å²) < 4.78 is 6.13. The summed E-state index contributed by atoms with van der Waals surface area (Å²) in [4.78, 5) is 8.89. The molecule has 2 heterocycles. The fourth-order valence-corrected chi connectivity index (χ4v) is 3.74. The second-order valence-electron chi connectivity index (χ2n) is 6.32. The van der Waals surface area contributed by atoms with Crippen molar-refractivity contribution < 1.29 is 4.74 Å². The first-order valence-corrected chi connectivity index (χ1v) is 9.78. The van der Waals surface area contributed by atoms with Crippen LogP contribution in [-0.2, 0) is 0 Å². The van der Waals surface area contributed by atoms with Crippen molar-refractivity contribution in [3.63, 3.8) is 0 Å². The molecule has 0 saturated carbocycles. The number of rotatable bonds is 3. The van der Waals surface area contributed by atoms with Gasteiger partial charge in [0.1, 0.15) is 28.4 Å². The molecule has 0 unspecified atom stereocenters. The van der Waals surface area contributed by atoms with Crippen LogP contribution < -0.4 is 10.5 Å². The van der Waals surface area contributed by atoms with E-state index in [0.29, 0.717) is 22.0 Å². The predicted molar refractivity (Wildman–Crippen MR) is 119 cm³/mol. The first-order valence-electron chi connectivity index (χ1n) is 8.61. The molecule has 0 aliphatic rings. The third kappa shape index (κ3) is 3.63. The maximum Gasteiger partial charge on any atom is 0.142 e. The molecule has 2 aromatic carbocycles. The summed E-state index contributed by atoms with van der Waals surface area (Å²) in [6.45, 7) is 0. The van der Waals surface area contributed by atoms with Crippen LogP contribution >= 0.6 is 27.5 Å². The van der Waals surface area contributed by atoms with E-state index in [9.17, 15) is 5.26 Å². The van der Waals surface area contributed by atoms with Gasteiger partial charge in [0.2, 0.25) is 0 Å². The molecule has 2 N–H and O–H groups in total. The van der Waals surface area contributed by atoms with Gasteiger partial charge in [-0.25, -0.2) is 9.97 Å². The summed E-state index contributed by atoms with van der Waals surface area (Å²) in [7, 11) is 1.61. The zero-order valence-electron chi connectivity index (χ0n) is 15.3. The van der Waals surface area contributed by atoms with E-state index in [0.717, 1.165) is 26.7 Å². The van der Waals surface area contributed by atoms with Crippen molar-refractivity contribution in [3.05, 3.63) is 69.8 Å². The van der Waals surface area contributed by atoms with Crippen LogP contribution in [0.25, 0.3) is 33.3 Å². The number of nitrogens with two attached hydrogens (primary N) is 1. The number of nitrogens with zero attached hydrogens (tertiary/aromatic N) is 3. The first kappa shape index (κ1) is 19.2. The second-order valence-corrected chi connectivity index (χ2v) is 7.59. The van der Waals surface area contributed by atoms with Crippen LogP contribution in [0.1, 0.15) is 5.56 Å². The quantitative estimate of drug-likeness (QED) is 0.384. The number of hydrogen-bond donors (Lipinski definition) is 1. The van der Waals surface area contributed by atoms with E-state index >= 15 is 0 Å². The Kier molecular flexibility index (Phi) is 5.10. The number of aromatic nitrogens is 2. The van der Waals surface area contributed by atoms with Crippen molar-refractivity contribution in [3.8, 4) is 34.2 Å². The highest BCUT2D eigenvalue weighted by molar-refractivity contribution is 9.10. The molecule has 0 spiro atoms. The van der Waals surface area contributed by atoms with Crippen LogP contribution in [0, 0.1) is 11.3 Å². The zero-order valence-corrected chi connectivity index (χ0v) is 17.6. The van der Waals surface area contributed by atoms with E-state index in [2.05, 4.69) is 32.0 Å². The summed E-state index contributed by atoms with van der Waals surface area (Å²) in [6, 6.07) is 19.0. The summed E-state index contributed by atoms with van der Waals surface area (Å²) in [5, 5.41) is 10.9. The minimum atomic E-state index is 0.140. The molecule has 0 atom stereocenters. The molecule has 29 heavy (non-hydrogen) atoms. The molecule has 0 aliphatic carbocycles.